The summed E-state index contributed by atoms with van der Waals surface area (Å²) >= 11 is 0. The second-order valence-electron chi connectivity index (χ2n) is 5.58. The van der Waals surface area contributed by atoms with Gasteiger partial charge in [-0.05, 0) is 34.6 Å². The zero-order valence-electron chi connectivity index (χ0n) is 11.8. The highest BCUT2D eigenvalue weighted by atomic mass is 16.6. The largest absolute Gasteiger partial charge is 0.481 e. The van der Waals surface area contributed by atoms with Crippen molar-refractivity contribution in [3.05, 3.63) is 0 Å². The molecule has 0 heterocycles. The Morgan fingerprint density at radius 1 is 1.33 bits per heavy atom. The smallest absolute Gasteiger partial charge is 0.410 e. The fraction of sp³-hybridized carbons (Fsp3) is 0.833. The zero-order valence-corrected chi connectivity index (χ0v) is 11.8. The molecule has 1 amide bonds. The quantitative estimate of drug-likeness (QED) is 0.780. The van der Waals surface area contributed by atoms with E-state index < -0.39 is 23.7 Å². The van der Waals surface area contributed by atoms with E-state index in [0.29, 0.717) is 0 Å². The zero-order chi connectivity index (χ0) is 14.5. The van der Waals surface area contributed by atoms with Gasteiger partial charge in [0.15, 0.2) is 0 Å². The molecule has 0 bridgehead atoms. The first-order chi connectivity index (χ1) is 8.03. The minimum Gasteiger partial charge on any atom is -0.481 e. The average molecular weight is 260 g/mol. The van der Waals surface area contributed by atoms with E-state index in [1.165, 1.54) is 4.90 Å². The highest BCUT2D eigenvalue weighted by Gasteiger charge is 2.26. The average Bonchev–Trinajstić information content (AvgIpc) is 2.09. The van der Waals surface area contributed by atoms with Crippen LogP contribution in [0.25, 0.3) is 0 Å². The maximum Gasteiger partial charge on any atom is 0.410 e. The number of ether oxygens (including phenoxy) is 1. The van der Waals surface area contributed by atoms with Crippen LogP contribution in [0.5, 0.6) is 0 Å². The first kappa shape index (κ1) is 16.7. The molecule has 0 fully saturated rings. The Bertz CT molecular complexity index is 297. The maximum atomic E-state index is 11.9. The molecule has 3 N–H and O–H groups in total. The molecular formula is C12H24N2O4. The van der Waals surface area contributed by atoms with Crippen LogP contribution in [0.3, 0.4) is 0 Å². The van der Waals surface area contributed by atoms with Crippen molar-refractivity contribution < 1.29 is 19.4 Å². The van der Waals surface area contributed by atoms with Crippen LogP contribution in [-0.2, 0) is 9.53 Å². The molecule has 0 aliphatic rings. The summed E-state index contributed by atoms with van der Waals surface area (Å²) in [6, 6.07) is -0.697. The molecule has 0 aliphatic carbocycles. The molecule has 1 unspecified atom stereocenters. The first-order valence-corrected chi connectivity index (χ1v) is 6.00. The summed E-state index contributed by atoms with van der Waals surface area (Å²) in [6.45, 7) is 9.16. The van der Waals surface area contributed by atoms with E-state index in [1.54, 1.807) is 20.8 Å². The third kappa shape index (κ3) is 7.11. The van der Waals surface area contributed by atoms with E-state index in [0.717, 1.165) is 0 Å². The molecule has 0 spiro atoms. The Labute approximate surface area is 108 Å². The Balaban J connectivity index is 4.57. The minimum atomic E-state index is -0.976. The number of nitrogens with two attached hydrogens (primary N) is 1. The van der Waals surface area contributed by atoms with Gasteiger partial charge >= 0.3 is 12.1 Å². The van der Waals surface area contributed by atoms with Crippen molar-refractivity contribution in [2.45, 2.75) is 58.7 Å². The number of carboxylic acids is 1. The second-order valence-corrected chi connectivity index (χ2v) is 5.58. The molecule has 0 aromatic carbocycles. The van der Waals surface area contributed by atoms with Crippen LogP contribution in [0.1, 0.15) is 41.0 Å². The number of carbonyl (C=O) groups excluding carboxylic acids is 1. The number of rotatable bonds is 5. The SMILES string of the molecule is CC(C)N(CC(N)CC(=O)O)C(=O)OC(C)(C)C. The molecule has 6 heteroatoms. The molecule has 0 aromatic heterocycles. The molecule has 106 valence electrons. The maximum absolute atomic E-state index is 11.9. The summed E-state index contributed by atoms with van der Waals surface area (Å²) in [5, 5.41) is 8.65. The highest BCUT2D eigenvalue weighted by Crippen LogP contribution is 2.12. The van der Waals surface area contributed by atoms with Gasteiger partial charge in [-0.15, -0.1) is 0 Å². The van der Waals surface area contributed by atoms with E-state index >= 15 is 0 Å². The lowest BCUT2D eigenvalue weighted by molar-refractivity contribution is -0.137. The van der Waals surface area contributed by atoms with E-state index in [-0.39, 0.29) is 19.0 Å². The van der Waals surface area contributed by atoms with Crippen molar-refractivity contribution in [3.8, 4) is 0 Å². The molecule has 6 nitrogen and oxygen atoms in total. The fourth-order valence-electron chi connectivity index (χ4n) is 1.36. The van der Waals surface area contributed by atoms with Crippen LogP contribution < -0.4 is 5.73 Å². The Kier molecular flexibility index (Phi) is 6.11. The number of aliphatic carboxylic acids is 1. The predicted octanol–water partition coefficient (Wildman–Crippen LogP) is 1.43. The minimum absolute atomic E-state index is 0.0975. The summed E-state index contributed by atoms with van der Waals surface area (Å²) in [5.74, 6) is -0.976. The Morgan fingerprint density at radius 3 is 2.17 bits per heavy atom. The van der Waals surface area contributed by atoms with Crippen LogP contribution in [0.2, 0.25) is 0 Å². The fourth-order valence-corrected chi connectivity index (χ4v) is 1.36. The lowest BCUT2D eigenvalue weighted by Gasteiger charge is -2.31. The van der Waals surface area contributed by atoms with Crippen LogP contribution in [-0.4, -0.2) is 46.3 Å². The van der Waals surface area contributed by atoms with Gasteiger partial charge in [0.05, 0.1) is 6.42 Å². The molecule has 0 saturated carbocycles. The molecule has 1 atom stereocenters. The third-order valence-electron chi connectivity index (χ3n) is 2.12. The van der Waals surface area contributed by atoms with Gasteiger partial charge in [0.25, 0.3) is 0 Å². The van der Waals surface area contributed by atoms with Crippen molar-refractivity contribution in [1.82, 2.24) is 4.90 Å². The number of carbonyl (C=O) groups is 2. The van der Waals surface area contributed by atoms with Gasteiger partial charge in [0.1, 0.15) is 5.60 Å². The number of amides is 1. The third-order valence-corrected chi connectivity index (χ3v) is 2.12. The van der Waals surface area contributed by atoms with Gasteiger partial charge in [-0.3, -0.25) is 4.79 Å². The van der Waals surface area contributed by atoms with Crippen molar-refractivity contribution in [2.75, 3.05) is 6.54 Å². The van der Waals surface area contributed by atoms with Crippen LogP contribution in [0, 0.1) is 0 Å². The second kappa shape index (κ2) is 6.58. The lowest BCUT2D eigenvalue weighted by atomic mass is 10.2. The summed E-state index contributed by atoms with van der Waals surface area (Å²) in [4.78, 5) is 23.9. The highest BCUT2D eigenvalue weighted by molar-refractivity contribution is 5.69. The lowest BCUT2D eigenvalue weighted by Crippen LogP contribution is -2.47. The summed E-state index contributed by atoms with van der Waals surface area (Å²) < 4.78 is 5.25. The van der Waals surface area contributed by atoms with Crippen LogP contribution in [0.4, 0.5) is 4.79 Å². The number of carboxylic acid groups (broad SMARTS) is 1. The topological polar surface area (TPSA) is 92.9 Å². The van der Waals surface area contributed by atoms with E-state index in [1.807, 2.05) is 13.8 Å². The number of hydrogen-bond acceptors (Lipinski definition) is 4. The van der Waals surface area contributed by atoms with Crippen LogP contribution >= 0.6 is 0 Å². The standard InChI is InChI=1S/C12H24N2O4/c1-8(2)14(7-9(13)6-10(15)16)11(17)18-12(3,4)5/h8-9H,6-7,13H2,1-5H3,(H,15,16). The van der Waals surface area contributed by atoms with Crippen molar-refractivity contribution >= 4 is 12.1 Å². The Hall–Kier alpha value is -1.30. The van der Waals surface area contributed by atoms with Crippen molar-refractivity contribution in [3.63, 3.8) is 0 Å². The normalized spacial score (nSPS) is 13.3. The summed E-state index contributed by atoms with van der Waals surface area (Å²) in [7, 11) is 0. The Morgan fingerprint density at radius 2 is 1.83 bits per heavy atom. The van der Waals surface area contributed by atoms with Gasteiger partial charge in [-0.2, -0.15) is 0 Å². The predicted molar refractivity (Wildman–Crippen MR) is 68.3 cm³/mol. The molecule has 0 aromatic rings. The van der Waals surface area contributed by atoms with Crippen molar-refractivity contribution in [2.24, 2.45) is 5.73 Å². The van der Waals surface area contributed by atoms with Gasteiger partial charge in [0, 0.05) is 18.6 Å². The van der Waals surface area contributed by atoms with E-state index in [4.69, 9.17) is 15.6 Å². The van der Waals surface area contributed by atoms with Crippen molar-refractivity contribution in [1.29, 1.82) is 0 Å². The summed E-state index contributed by atoms with van der Waals surface area (Å²) in [6.07, 6.45) is -0.648. The van der Waals surface area contributed by atoms with Gasteiger partial charge < -0.3 is 20.5 Å². The molecule has 18 heavy (non-hydrogen) atoms. The first-order valence-electron chi connectivity index (χ1n) is 6.00. The summed E-state index contributed by atoms with van der Waals surface area (Å²) in [5.41, 5.74) is 5.10. The van der Waals surface area contributed by atoms with E-state index in [2.05, 4.69) is 0 Å². The van der Waals surface area contributed by atoms with Crippen LogP contribution in [0.15, 0.2) is 0 Å². The van der Waals surface area contributed by atoms with E-state index in [9.17, 15) is 9.59 Å². The molecule has 0 radical (unpaired) electrons. The molecule has 0 aliphatic heterocycles. The molecule has 0 rings (SSSR count). The molecular weight excluding hydrogens is 236 g/mol. The monoisotopic (exact) mass is 260 g/mol. The number of nitrogens with zero attached hydrogens (tertiary/aromatic N) is 1. The van der Waals surface area contributed by atoms with Gasteiger partial charge in [0.2, 0.25) is 0 Å². The van der Waals surface area contributed by atoms with Gasteiger partial charge in [-0.1, -0.05) is 0 Å². The molecule has 0 saturated heterocycles. The number of hydrogen-bond donors (Lipinski definition) is 2. The van der Waals surface area contributed by atoms with Gasteiger partial charge in [-0.25, -0.2) is 4.79 Å².